The summed E-state index contributed by atoms with van der Waals surface area (Å²) in [6.45, 7) is 2.51. The minimum Gasteiger partial charge on any atom is -0.480 e. The van der Waals surface area contributed by atoms with Gasteiger partial charge in [-0.1, -0.05) is 65.2 Å². The second-order valence-corrected chi connectivity index (χ2v) is 9.58. The van der Waals surface area contributed by atoms with E-state index in [1.165, 1.54) is 0 Å². The molecule has 0 amide bonds. The molecule has 0 radical (unpaired) electrons. The Kier molecular flexibility index (Phi) is 18.9. The normalized spacial score (nSPS) is 14.7. The smallest absolute Gasteiger partial charge is 0.472 e. The molecule has 4 N–H and O–H groups in total. The molecule has 0 saturated carbocycles. The average molecular weight is 512 g/mol. The molecule has 0 fully saturated rings. The minimum absolute atomic E-state index is 0.159. The Morgan fingerprint density at radius 3 is 1.82 bits per heavy atom. The first-order valence-electron chi connectivity index (χ1n) is 12.1. The van der Waals surface area contributed by atoms with Gasteiger partial charge in [0.25, 0.3) is 0 Å². The molecule has 34 heavy (non-hydrogen) atoms. The van der Waals surface area contributed by atoms with E-state index in [1.54, 1.807) is 0 Å². The van der Waals surface area contributed by atoms with E-state index in [4.69, 9.17) is 24.8 Å². The first-order chi connectivity index (χ1) is 16.1. The van der Waals surface area contributed by atoms with Crippen LogP contribution in [0, 0.1) is 0 Å². The van der Waals surface area contributed by atoms with Gasteiger partial charge in [-0.25, -0.2) is 4.57 Å². The van der Waals surface area contributed by atoms with E-state index in [9.17, 15) is 23.8 Å². The van der Waals surface area contributed by atoms with Crippen LogP contribution in [0.3, 0.4) is 0 Å². The number of hydrogen-bond acceptors (Lipinski definition) is 9. The Morgan fingerprint density at radius 2 is 1.29 bits per heavy atom. The Labute approximate surface area is 202 Å². The van der Waals surface area contributed by atoms with Crippen LogP contribution in [0.25, 0.3) is 0 Å². The molecule has 0 rings (SSSR count). The van der Waals surface area contributed by atoms with E-state index in [-0.39, 0.29) is 19.4 Å². The standard InChI is InChI=1S/C22H42NO10P/c1-3-5-7-9-11-13-20(24)30-15-18(33-21(25)14-12-10-8-6-4-2)16-31-34(28,29)32-17-19(23)22(26)27/h18-19H,3-17,23H2,1-2H3,(H,26,27)(H,28,29)/t18-,19+/m1/s1. The summed E-state index contributed by atoms with van der Waals surface area (Å²) in [5, 5.41) is 8.72. The van der Waals surface area contributed by atoms with Crippen molar-refractivity contribution in [2.24, 2.45) is 5.73 Å². The predicted octanol–water partition coefficient (Wildman–Crippen LogP) is 3.71. The minimum atomic E-state index is -4.67. The van der Waals surface area contributed by atoms with E-state index in [1.807, 2.05) is 0 Å². The average Bonchev–Trinajstić information content (AvgIpc) is 2.79. The molecule has 0 saturated heterocycles. The highest BCUT2D eigenvalue weighted by atomic mass is 31.2. The van der Waals surface area contributed by atoms with Gasteiger partial charge in [-0.05, 0) is 12.8 Å². The number of phosphoric acid groups is 1. The first-order valence-corrected chi connectivity index (χ1v) is 13.6. The second-order valence-electron chi connectivity index (χ2n) is 8.13. The number of carbonyl (C=O) groups excluding carboxylic acids is 2. The third-order valence-corrected chi connectivity index (χ3v) is 5.81. The number of nitrogens with two attached hydrogens (primary N) is 1. The van der Waals surface area contributed by atoms with Crippen LogP contribution in [-0.4, -0.2) is 59.9 Å². The van der Waals surface area contributed by atoms with E-state index in [2.05, 4.69) is 18.4 Å². The highest BCUT2D eigenvalue weighted by Gasteiger charge is 2.28. The maximum absolute atomic E-state index is 12.2. The van der Waals surface area contributed by atoms with Gasteiger partial charge >= 0.3 is 25.7 Å². The van der Waals surface area contributed by atoms with Crippen LogP contribution >= 0.6 is 7.82 Å². The number of unbranched alkanes of at least 4 members (excludes halogenated alkanes) is 8. The summed E-state index contributed by atoms with van der Waals surface area (Å²) < 4.78 is 31.8. The van der Waals surface area contributed by atoms with Crippen molar-refractivity contribution in [3.05, 3.63) is 0 Å². The van der Waals surface area contributed by atoms with Crippen LogP contribution in [0.4, 0.5) is 0 Å². The molecular weight excluding hydrogens is 469 g/mol. The third kappa shape index (κ3) is 18.9. The number of esters is 2. The molecule has 1 unspecified atom stereocenters. The lowest BCUT2D eigenvalue weighted by atomic mass is 10.1. The Hall–Kier alpha value is -1.52. The van der Waals surface area contributed by atoms with Crippen LogP contribution in [-0.2, 0) is 37.5 Å². The molecule has 200 valence electrons. The molecule has 0 aliphatic heterocycles. The quantitative estimate of drug-likeness (QED) is 0.110. The fourth-order valence-electron chi connectivity index (χ4n) is 2.83. The van der Waals surface area contributed by atoms with Crippen molar-refractivity contribution in [1.82, 2.24) is 0 Å². The van der Waals surface area contributed by atoms with Crippen LogP contribution in [0.15, 0.2) is 0 Å². The van der Waals surface area contributed by atoms with Crippen molar-refractivity contribution >= 4 is 25.7 Å². The van der Waals surface area contributed by atoms with Gasteiger partial charge in [0, 0.05) is 12.8 Å². The van der Waals surface area contributed by atoms with Crippen molar-refractivity contribution < 1.29 is 47.5 Å². The van der Waals surface area contributed by atoms with Crippen LogP contribution in [0.2, 0.25) is 0 Å². The molecule has 3 atom stereocenters. The highest BCUT2D eigenvalue weighted by molar-refractivity contribution is 7.47. The van der Waals surface area contributed by atoms with E-state index < -0.39 is 51.1 Å². The Balaban J connectivity index is 4.67. The summed E-state index contributed by atoms with van der Waals surface area (Å²) in [5.74, 6) is -2.41. The predicted molar refractivity (Wildman–Crippen MR) is 125 cm³/mol. The highest BCUT2D eigenvalue weighted by Crippen LogP contribution is 2.43. The fraction of sp³-hybridized carbons (Fsp3) is 0.864. The molecule has 0 heterocycles. The zero-order chi connectivity index (χ0) is 25.8. The molecule has 11 nitrogen and oxygen atoms in total. The Morgan fingerprint density at radius 1 is 0.794 bits per heavy atom. The molecule has 0 aliphatic rings. The van der Waals surface area contributed by atoms with E-state index in [0.717, 1.165) is 51.4 Å². The molecule has 0 aromatic heterocycles. The summed E-state index contributed by atoms with van der Waals surface area (Å²) in [4.78, 5) is 44.6. The molecule has 0 bridgehead atoms. The number of carboxylic acid groups (broad SMARTS) is 1. The van der Waals surface area contributed by atoms with Gasteiger partial charge in [-0.3, -0.25) is 23.4 Å². The maximum atomic E-state index is 12.2. The van der Waals surface area contributed by atoms with Crippen molar-refractivity contribution in [3.8, 4) is 0 Å². The molecule has 12 heteroatoms. The summed E-state index contributed by atoms with van der Waals surface area (Å²) in [6, 6.07) is -1.51. The number of ether oxygens (including phenoxy) is 2. The molecule has 0 aromatic rings. The fourth-order valence-corrected chi connectivity index (χ4v) is 3.60. The molecular formula is C22H42NO10P. The van der Waals surface area contributed by atoms with Gasteiger partial charge in [-0.2, -0.15) is 0 Å². The van der Waals surface area contributed by atoms with Crippen LogP contribution in [0.1, 0.15) is 90.9 Å². The summed E-state index contributed by atoms with van der Waals surface area (Å²) in [7, 11) is -4.67. The SMILES string of the molecule is CCCCCCCC(=O)OC[C@H](COP(=O)(O)OC[C@H](N)C(=O)O)OC(=O)CCCCCCC. The molecule has 0 aliphatic carbocycles. The van der Waals surface area contributed by atoms with Gasteiger partial charge in [0.15, 0.2) is 6.10 Å². The number of phosphoric ester groups is 1. The summed E-state index contributed by atoms with van der Waals surface area (Å²) in [5.41, 5.74) is 5.23. The molecule has 0 spiro atoms. The Bertz CT molecular complexity index is 631. The topological polar surface area (TPSA) is 172 Å². The molecule has 0 aromatic carbocycles. The summed E-state index contributed by atoms with van der Waals surface area (Å²) in [6.07, 6.45) is 8.76. The maximum Gasteiger partial charge on any atom is 0.472 e. The monoisotopic (exact) mass is 511 g/mol. The summed E-state index contributed by atoms with van der Waals surface area (Å²) >= 11 is 0. The second kappa shape index (κ2) is 19.8. The van der Waals surface area contributed by atoms with Crippen LogP contribution < -0.4 is 5.73 Å². The first kappa shape index (κ1) is 32.5. The largest absolute Gasteiger partial charge is 0.480 e. The van der Waals surface area contributed by atoms with Crippen LogP contribution in [0.5, 0.6) is 0 Å². The zero-order valence-corrected chi connectivity index (χ0v) is 21.3. The number of rotatable bonds is 22. The van der Waals surface area contributed by atoms with E-state index in [0.29, 0.717) is 12.8 Å². The zero-order valence-electron chi connectivity index (χ0n) is 20.4. The van der Waals surface area contributed by atoms with Gasteiger partial charge < -0.3 is 25.2 Å². The van der Waals surface area contributed by atoms with Gasteiger partial charge in [0.2, 0.25) is 0 Å². The van der Waals surface area contributed by atoms with Crippen molar-refractivity contribution in [3.63, 3.8) is 0 Å². The lowest BCUT2D eigenvalue weighted by Crippen LogP contribution is -2.34. The number of carboxylic acids is 1. The van der Waals surface area contributed by atoms with Gasteiger partial charge in [-0.15, -0.1) is 0 Å². The van der Waals surface area contributed by atoms with Gasteiger partial charge in [0.1, 0.15) is 12.6 Å². The lowest BCUT2D eigenvalue weighted by molar-refractivity contribution is -0.161. The number of aliphatic carboxylic acids is 1. The van der Waals surface area contributed by atoms with Crippen molar-refractivity contribution in [1.29, 1.82) is 0 Å². The number of carbonyl (C=O) groups is 3. The number of hydrogen-bond donors (Lipinski definition) is 3. The van der Waals surface area contributed by atoms with Crippen molar-refractivity contribution in [2.75, 3.05) is 19.8 Å². The van der Waals surface area contributed by atoms with E-state index >= 15 is 0 Å². The third-order valence-electron chi connectivity index (χ3n) is 4.86. The lowest BCUT2D eigenvalue weighted by Gasteiger charge is -2.20. The van der Waals surface area contributed by atoms with Crippen molar-refractivity contribution in [2.45, 2.75) is 103 Å². The van der Waals surface area contributed by atoms with Gasteiger partial charge in [0.05, 0.1) is 13.2 Å².